The lowest BCUT2D eigenvalue weighted by atomic mass is 10.0. The molecule has 0 heterocycles. The summed E-state index contributed by atoms with van der Waals surface area (Å²) in [6.07, 6.45) is 3.64. The fraction of sp³-hybridized carbons (Fsp3) is 0.375. The summed E-state index contributed by atoms with van der Waals surface area (Å²) in [6, 6.07) is 26.0. The van der Waals surface area contributed by atoms with Gasteiger partial charge in [0.2, 0.25) is 21.8 Å². The molecule has 0 saturated heterocycles. The number of aryl methyl sites for hydroxylation is 1. The molecule has 3 aromatic rings. The number of carbonyl (C=O) groups excluding carboxylic acids is 2. The van der Waals surface area contributed by atoms with Gasteiger partial charge in [-0.25, -0.2) is 8.42 Å². The second-order valence-corrected chi connectivity index (χ2v) is 11.9. The topological polar surface area (TPSA) is 86.8 Å². The molecule has 214 valence electrons. The molecule has 3 rings (SSSR count). The number of anilines is 1. The molecule has 8 heteroatoms. The zero-order valence-electron chi connectivity index (χ0n) is 23.8. The third kappa shape index (κ3) is 9.23. The molecule has 0 aromatic heterocycles. The van der Waals surface area contributed by atoms with Crippen molar-refractivity contribution >= 4 is 27.5 Å². The molecule has 0 bridgehead atoms. The maximum Gasteiger partial charge on any atom is 0.243 e. The number of amides is 2. The van der Waals surface area contributed by atoms with Crippen molar-refractivity contribution in [2.45, 2.75) is 58.5 Å². The zero-order chi connectivity index (χ0) is 29.0. The van der Waals surface area contributed by atoms with E-state index in [1.54, 1.807) is 17.0 Å². The summed E-state index contributed by atoms with van der Waals surface area (Å²) >= 11 is 0. The van der Waals surface area contributed by atoms with Gasteiger partial charge < -0.3 is 10.2 Å². The highest BCUT2D eigenvalue weighted by molar-refractivity contribution is 7.92. The van der Waals surface area contributed by atoms with E-state index in [2.05, 4.69) is 5.32 Å². The lowest BCUT2D eigenvalue weighted by Crippen LogP contribution is -2.50. The van der Waals surface area contributed by atoms with Gasteiger partial charge in [0.25, 0.3) is 0 Å². The quantitative estimate of drug-likeness (QED) is 0.283. The number of hydrogen-bond acceptors (Lipinski definition) is 4. The van der Waals surface area contributed by atoms with Gasteiger partial charge in [-0.05, 0) is 48.1 Å². The average Bonchev–Trinajstić information content (AvgIpc) is 2.96. The second kappa shape index (κ2) is 15.2. The van der Waals surface area contributed by atoms with E-state index < -0.39 is 16.1 Å². The van der Waals surface area contributed by atoms with Gasteiger partial charge in [-0.15, -0.1) is 0 Å². The Balaban J connectivity index is 1.83. The summed E-state index contributed by atoms with van der Waals surface area (Å²) in [6.45, 7) is 5.01. The fourth-order valence-electron chi connectivity index (χ4n) is 4.60. The van der Waals surface area contributed by atoms with Gasteiger partial charge >= 0.3 is 0 Å². The van der Waals surface area contributed by atoms with Crippen LogP contribution in [0.3, 0.4) is 0 Å². The summed E-state index contributed by atoms with van der Waals surface area (Å²) in [5, 5.41) is 2.98. The molecule has 0 spiro atoms. The van der Waals surface area contributed by atoms with E-state index in [0.717, 1.165) is 29.5 Å². The smallest absolute Gasteiger partial charge is 0.243 e. The van der Waals surface area contributed by atoms with E-state index in [-0.39, 0.29) is 31.3 Å². The minimum absolute atomic E-state index is 0.109. The zero-order valence-corrected chi connectivity index (χ0v) is 24.6. The molecule has 1 N–H and O–H groups in total. The van der Waals surface area contributed by atoms with Gasteiger partial charge in [0.15, 0.2) is 0 Å². The molecule has 0 aliphatic carbocycles. The molecule has 2 amide bonds. The number of rotatable bonds is 15. The molecule has 3 aromatic carbocycles. The molecule has 40 heavy (non-hydrogen) atoms. The molecule has 7 nitrogen and oxygen atoms in total. The Morgan fingerprint density at radius 3 is 1.98 bits per heavy atom. The van der Waals surface area contributed by atoms with Crippen molar-refractivity contribution in [1.29, 1.82) is 0 Å². The highest BCUT2D eigenvalue weighted by Gasteiger charge is 2.30. The van der Waals surface area contributed by atoms with Gasteiger partial charge in [0.05, 0.1) is 11.9 Å². The van der Waals surface area contributed by atoms with Crippen LogP contribution >= 0.6 is 0 Å². The van der Waals surface area contributed by atoms with E-state index in [1.807, 2.05) is 86.6 Å². The Hall–Kier alpha value is -3.65. The van der Waals surface area contributed by atoms with Crippen LogP contribution in [0.15, 0.2) is 84.9 Å². The van der Waals surface area contributed by atoms with Crippen molar-refractivity contribution in [2.24, 2.45) is 0 Å². The largest absolute Gasteiger partial charge is 0.354 e. The van der Waals surface area contributed by atoms with Crippen LogP contribution in [0.5, 0.6) is 0 Å². The van der Waals surface area contributed by atoms with E-state index in [1.165, 1.54) is 10.6 Å². The Morgan fingerprint density at radius 1 is 0.825 bits per heavy atom. The lowest BCUT2D eigenvalue weighted by molar-refractivity contribution is -0.141. The molecule has 0 fully saturated rings. The third-order valence-corrected chi connectivity index (χ3v) is 7.99. The van der Waals surface area contributed by atoms with Crippen LogP contribution in [0.4, 0.5) is 5.69 Å². The standard InChI is InChI=1S/C32H41N3O4S/c1-4-22-33-32(37)30(24-27-13-8-6-9-14-27)34(25-28-15-10-7-11-16-28)31(36)17-12-23-35(40(3,38)39)29-20-18-26(5-2)19-21-29/h6-11,13-16,18-21,30H,4-5,12,17,22-25H2,1-3H3,(H,33,37). The van der Waals surface area contributed by atoms with Crippen molar-refractivity contribution in [3.05, 3.63) is 102 Å². The summed E-state index contributed by atoms with van der Waals surface area (Å²) < 4.78 is 26.6. The Morgan fingerprint density at radius 2 is 1.43 bits per heavy atom. The van der Waals surface area contributed by atoms with Crippen LogP contribution in [0.25, 0.3) is 0 Å². The predicted molar refractivity (Wildman–Crippen MR) is 161 cm³/mol. The van der Waals surface area contributed by atoms with Gasteiger partial charge in [0.1, 0.15) is 6.04 Å². The van der Waals surface area contributed by atoms with Gasteiger partial charge in [-0.2, -0.15) is 0 Å². The maximum absolute atomic E-state index is 13.8. The van der Waals surface area contributed by atoms with E-state index in [9.17, 15) is 18.0 Å². The van der Waals surface area contributed by atoms with Crippen LogP contribution in [-0.2, 0) is 39.0 Å². The van der Waals surface area contributed by atoms with Crippen LogP contribution < -0.4 is 9.62 Å². The molecular weight excluding hydrogens is 522 g/mol. The lowest BCUT2D eigenvalue weighted by Gasteiger charge is -2.32. The molecular formula is C32H41N3O4S. The summed E-state index contributed by atoms with van der Waals surface area (Å²) in [5.74, 6) is -0.380. The first-order valence-electron chi connectivity index (χ1n) is 13.9. The van der Waals surface area contributed by atoms with Crippen molar-refractivity contribution < 1.29 is 18.0 Å². The first-order valence-corrected chi connectivity index (χ1v) is 15.8. The molecule has 1 unspecified atom stereocenters. The van der Waals surface area contributed by atoms with Gasteiger partial charge in [-0.3, -0.25) is 13.9 Å². The minimum Gasteiger partial charge on any atom is -0.354 e. The summed E-state index contributed by atoms with van der Waals surface area (Å²) in [7, 11) is -3.54. The maximum atomic E-state index is 13.8. The van der Waals surface area contributed by atoms with Crippen molar-refractivity contribution in [1.82, 2.24) is 10.2 Å². The number of nitrogens with zero attached hydrogens (tertiary/aromatic N) is 2. The van der Waals surface area contributed by atoms with E-state index >= 15 is 0 Å². The predicted octanol–water partition coefficient (Wildman–Crippen LogP) is 4.96. The van der Waals surface area contributed by atoms with Crippen LogP contribution in [0.1, 0.15) is 49.8 Å². The Kier molecular flexibility index (Phi) is 11.8. The SMILES string of the molecule is CCCNC(=O)C(Cc1ccccc1)N(Cc1ccccc1)C(=O)CCCN(c1ccc(CC)cc1)S(C)(=O)=O. The van der Waals surface area contributed by atoms with Gasteiger partial charge in [-0.1, -0.05) is 86.6 Å². The number of carbonyl (C=O) groups is 2. The molecule has 0 radical (unpaired) electrons. The van der Waals surface area contributed by atoms with Crippen LogP contribution in [0.2, 0.25) is 0 Å². The van der Waals surface area contributed by atoms with Crippen LogP contribution in [0, 0.1) is 0 Å². The molecule has 0 aliphatic heterocycles. The summed E-state index contributed by atoms with van der Waals surface area (Å²) in [5.41, 5.74) is 3.58. The molecule has 0 aliphatic rings. The number of benzene rings is 3. The van der Waals surface area contributed by atoms with Gasteiger partial charge in [0, 0.05) is 32.5 Å². The normalized spacial score (nSPS) is 12.0. The van der Waals surface area contributed by atoms with E-state index in [4.69, 9.17) is 0 Å². The van der Waals surface area contributed by atoms with Crippen molar-refractivity contribution in [2.75, 3.05) is 23.7 Å². The minimum atomic E-state index is -3.54. The first-order chi connectivity index (χ1) is 19.2. The Labute approximate surface area is 239 Å². The third-order valence-electron chi connectivity index (χ3n) is 6.80. The monoisotopic (exact) mass is 563 g/mol. The number of nitrogens with one attached hydrogen (secondary N) is 1. The Bertz CT molecular complexity index is 1310. The summed E-state index contributed by atoms with van der Waals surface area (Å²) in [4.78, 5) is 28.8. The molecule has 0 saturated carbocycles. The second-order valence-electron chi connectivity index (χ2n) is 9.96. The number of hydrogen-bond donors (Lipinski definition) is 1. The highest BCUT2D eigenvalue weighted by Crippen LogP contribution is 2.21. The first kappa shape index (κ1) is 30.9. The highest BCUT2D eigenvalue weighted by atomic mass is 32.2. The molecule has 1 atom stereocenters. The van der Waals surface area contributed by atoms with Crippen molar-refractivity contribution in [3.8, 4) is 0 Å². The van der Waals surface area contributed by atoms with Crippen LogP contribution in [-0.4, -0.2) is 50.5 Å². The van der Waals surface area contributed by atoms with Crippen molar-refractivity contribution in [3.63, 3.8) is 0 Å². The van der Waals surface area contributed by atoms with E-state index in [0.29, 0.717) is 25.1 Å². The fourth-order valence-corrected chi connectivity index (χ4v) is 5.57. The number of sulfonamides is 1. The average molecular weight is 564 g/mol.